The molecule has 0 fully saturated rings. The molecule has 0 saturated carbocycles. The van der Waals surface area contributed by atoms with Crippen LogP contribution in [-0.2, 0) is 19.1 Å². The van der Waals surface area contributed by atoms with E-state index in [9.17, 15) is 14.7 Å². The summed E-state index contributed by atoms with van der Waals surface area (Å²) in [7, 11) is 2.50. The van der Waals surface area contributed by atoms with Crippen LogP contribution in [0.3, 0.4) is 0 Å². The number of thiophene rings is 1. The van der Waals surface area contributed by atoms with Crippen LogP contribution in [0.25, 0.3) is 0 Å². The topological polar surface area (TPSA) is 76.1 Å². The molecule has 1 unspecified atom stereocenters. The number of benzene rings is 1. The van der Waals surface area contributed by atoms with Gasteiger partial charge in [0.15, 0.2) is 0 Å². The maximum absolute atomic E-state index is 12.5. The van der Waals surface area contributed by atoms with Crippen molar-refractivity contribution in [3.8, 4) is 0 Å². The van der Waals surface area contributed by atoms with Gasteiger partial charge in [0.05, 0.1) is 19.8 Å². The van der Waals surface area contributed by atoms with E-state index in [2.05, 4.69) is 0 Å². The van der Waals surface area contributed by atoms with Gasteiger partial charge in [-0.3, -0.25) is 0 Å². The van der Waals surface area contributed by atoms with Crippen molar-refractivity contribution in [1.29, 1.82) is 0 Å². The first-order chi connectivity index (χ1) is 13.6. The number of esters is 2. The molecule has 0 saturated heterocycles. The first-order valence-electron chi connectivity index (χ1n) is 8.43. The summed E-state index contributed by atoms with van der Waals surface area (Å²) in [4.78, 5) is 27.1. The van der Waals surface area contributed by atoms with Gasteiger partial charge < -0.3 is 19.5 Å². The molecule has 3 rings (SSSR count). The number of allylic oxidation sites excluding steroid dienone is 2. The van der Waals surface area contributed by atoms with Crippen molar-refractivity contribution in [1.82, 2.24) is 0 Å². The van der Waals surface area contributed by atoms with Gasteiger partial charge >= 0.3 is 11.9 Å². The highest BCUT2D eigenvalue weighted by molar-refractivity contribution is 7.10. The van der Waals surface area contributed by atoms with Crippen LogP contribution in [0.2, 0.25) is 0 Å². The third-order valence-electron chi connectivity index (χ3n) is 4.17. The molecule has 0 bridgehead atoms. The van der Waals surface area contributed by atoms with E-state index in [0.29, 0.717) is 11.3 Å². The average Bonchev–Trinajstić information content (AvgIpc) is 3.18. The molecule has 1 atom stereocenters. The highest BCUT2D eigenvalue weighted by Crippen LogP contribution is 2.31. The number of anilines is 1. The fourth-order valence-corrected chi connectivity index (χ4v) is 3.56. The Labute approximate surface area is 166 Å². The van der Waals surface area contributed by atoms with E-state index in [1.165, 1.54) is 31.6 Å². The van der Waals surface area contributed by atoms with Crippen molar-refractivity contribution >= 4 is 29.0 Å². The molecule has 7 heteroatoms. The maximum atomic E-state index is 12.5. The van der Waals surface area contributed by atoms with Crippen molar-refractivity contribution < 1.29 is 24.2 Å². The zero-order valence-corrected chi connectivity index (χ0v) is 16.2. The van der Waals surface area contributed by atoms with Crippen LogP contribution in [0.4, 0.5) is 5.69 Å². The highest BCUT2D eigenvalue weighted by Gasteiger charge is 2.27. The van der Waals surface area contributed by atoms with Crippen LogP contribution in [0.15, 0.2) is 77.5 Å². The van der Waals surface area contributed by atoms with Gasteiger partial charge in [-0.25, -0.2) is 9.59 Å². The molecule has 0 radical (unpaired) electrons. The zero-order chi connectivity index (χ0) is 20.1. The predicted octanol–water partition coefficient (Wildman–Crippen LogP) is 3.32. The van der Waals surface area contributed by atoms with Crippen molar-refractivity contribution in [3.05, 3.63) is 87.9 Å². The van der Waals surface area contributed by atoms with Crippen LogP contribution < -0.4 is 4.90 Å². The molecule has 0 spiro atoms. The lowest BCUT2D eigenvalue weighted by molar-refractivity contribution is -0.139. The Morgan fingerprint density at radius 3 is 2.54 bits per heavy atom. The predicted molar refractivity (Wildman–Crippen MR) is 107 cm³/mol. The molecule has 144 valence electrons. The molecule has 0 aliphatic carbocycles. The third kappa shape index (κ3) is 3.90. The summed E-state index contributed by atoms with van der Waals surface area (Å²) in [6.07, 6.45) is 5.69. The molecule has 6 nitrogen and oxygen atoms in total. The van der Waals surface area contributed by atoms with Gasteiger partial charge in [0, 0.05) is 16.8 Å². The molecular formula is C21H19NO5S. The lowest BCUT2D eigenvalue weighted by Gasteiger charge is -2.24. The van der Waals surface area contributed by atoms with E-state index < -0.39 is 18.0 Å². The molecule has 1 aromatic heterocycles. The summed E-state index contributed by atoms with van der Waals surface area (Å²) in [6.45, 7) is 0. The maximum Gasteiger partial charge on any atom is 0.355 e. The molecule has 1 N–H and O–H groups in total. The number of ether oxygens (including phenoxy) is 2. The molecule has 1 aliphatic heterocycles. The lowest BCUT2D eigenvalue weighted by Crippen LogP contribution is -2.27. The van der Waals surface area contributed by atoms with Gasteiger partial charge in [0.1, 0.15) is 11.8 Å². The Morgan fingerprint density at radius 1 is 1.07 bits per heavy atom. The Bertz CT molecular complexity index is 959. The van der Waals surface area contributed by atoms with Crippen molar-refractivity contribution in [2.24, 2.45) is 0 Å². The largest absolute Gasteiger partial charge is 0.465 e. The summed E-state index contributed by atoms with van der Waals surface area (Å²) in [5.41, 5.74) is 1.36. The van der Waals surface area contributed by atoms with Gasteiger partial charge in [-0.2, -0.15) is 0 Å². The Balaban J connectivity index is 2.09. The number of hydrogen-bond acceptors (Lipinski definition) is 7. The lowest BCUT2D eigenvalue weighted by atomic mass is 10.1. The molecule has 1 aliphatic rings. The number of nitrogens with zero attached hydrogens (tertiary/aromatic N) is 1. The molecule has 0 amide bonds. The SMILES string of the molecule is COC(=O)C1=C(C(=O)OC)N(c2cccc(C(O)c3cccs3)c2)C=CC=C1. The van der Waals surface area contributed by atoms with Gasteiger partial charge in [-0.1, -0.05) is 24.3 Å². The number of carbonyl (C=O) groups is 2. The van der Waals surface area contributed by atoms with Crippen LogP contribution in [0, 0.1) is 0 Å². The van der Waals surface area contributed by atoms with Crippen LogP contribution >= 0.6 is 11.3 Å². The van der Waals surface area contributed by atoms with Gasteiger partial charge in [0.25, 0.3) is 0 Å². The second-order valence-electron chi connectivity index (χ2n) is 5.83. The minimum Gasteiger partial charge on any atom is -0.465 e. The first-order valence-corrected chi connectivity index (χ1v) is 9.31. The Kier molecular flexibility index (Phi) is 6.08. The van der Waals surface area contributed by atoms with E-state index in [1.807, 2.05) is 17.5 Å². The van der Waals surface area contributed by atoms with E-state index in [1.54, 1.807) is 47.5 Å². The quantitative estimate of drug-likeness (QED) is 0.780. The first kappa shape index (κ1) is 19.6. The summed E-state index contributed by atoms with van der Waals surface area (Å²) in [6, 6.07) is 10.8. The summed E-state index contributed by atoms with van der Waals surface area (Å²) in [5.74, 6) is -1.33. The van der Waals surface area contributed by atoms with Crippen molar-refractivity contribution in [3.63, 3.8) is 0 Å². The number of methoxy groups -OCH3 is 2. The highest BCUT2D eigenvalue weighted by atomic mass is 32.1. The molecule has 28 heavy (non-hydrogen) atoms. The molecular weight excluding hydrogens is 378 g/mol. The van der Waals surface area contributed by atoms with Crippen LogP contribution in [0.5, 0.6) is 0 Å². The fraction of sp³-hybridized carbons (Fsp3) is 0.143. The monoisotopic (exact) mass is 397 g/mol. The zero-order valence-electron chi connectivity index (χ0n) is 15.4. The van der Waals surface area contributed by atoms with Crippen LogP contribution in [-0.4, -0.2) is 31.3 Å². The second kappa shape index (κ2) is 8.69. The van der Waals surface area contributed by atoms with E-state index in [0.717, 1.165) is 4.88 Å². The molecule has 2 aromatic rings. The number of aliphatic hydroxyl groups excluding tert-OH is 1. The van der Waals surface area contributed by atoms with Crippen LogP contribution in [0.1, 0.15) is 16.5 Å². The molecule has 1 aromatic carbocycles. The summed E-state index contributed by atoms with van der Waals surface area (Å²) in [5, 5.41) is 12.5. The Hall–Kier alpha value is -3.16. The summed E-state index contributed by atoms with van der Waals surface area (Å²) < 4.78 is 9.71. The van der Waals surface area contributed by atoms with Gasteiger partial charge in [-0.05, 0) is 41.3 Å². The van der Waals surface area contributed by atoms with Crippen molar-refractivity contribution in [2.45, 2.75) is 6.10 Å². The number of rotatable bonds is 5. The third-order valence-corrected chi connectivity index (χ3v) is 5.09. The van der Waals surface area contributed by atoms with E-state index in [-0.39, 0.29) is 11.3 Å². The number of carbonyl (C=O) groups excluding carboxylic acids is 2. The normalized spacial score (nSPS) is 14.6. The van der Waals surface area contributed by atoms with E-state index in [4.69, 9.17) is 9.47 Å². The minimum atomic E-state index is -0.792. The number of hydrogen-bond donors (Lipinski definition) is 1. The van der Waals surface area contributed by atoms with Gasteiger partial charge in [0.2, 0.25) is 0 Å². The fourth-order valence-electron chi connectivity index (χ4n) is 2.82. The average molecular weight is 397 g/mol. The number of aliphatic hydroxyl groups is 1. The molecule has 2 heterocycles. The smallest absolute Gasteiger partial charge is 0.355 e. The minimum absolute atomic E-state index is 0.0297. The standard InChI is InChI=1S/C21H19NO5S/c1-26-20(24)16-9-3-4-11-22(18(16)21(25)27-2)15-8-5-7-14(13-15)19(23)17-10-6-12-28-17/h3-13,19,23H,1-2H3. The van der Waals surface area contributed by atoms with Crippen molar-refractivity contribution in [2.75, 3.05) is 19.1 Å². The van der Waals surface area contributed by atoms with E-state index >= 15 is 0 Å². The van der Waals surface area contributed by atoms with Gasteiger partial charge in [-0.15, -0.1) is 11.3 Å². The second-order valence-corrected chi connectivity index (χ2v) is 6.81. The Morgan fingerprint density at radius 2 is 1.86 bits per heavy atom. The summed E-state index contributed by atoms with van der Waals surface area (Å²) >= 11 is 1.45.